The van der Waals surface area contributed by atoms with Gasteiger partial charge in [0.05, 0.1) is 0 Å². The molecule has 0 heterocycles. The van der Waals surface area contributed by atoms with Crippen LogP contribution in [-0.4, -0.2) is 13.1 Å². The van der Waals surface area contributed by atoms with Crippen LogP contribution in [0.1, 0.15) is 65.2 Å². The van der Waals surface area contributed by atoms with E-state index in [4.69, 9.17) is 0 Å². The van der Waals surface area contributed by atoms with Gasteiger partial charge in [0.2, 0.25) is 0 Å². The minimum Gasteiger partial charge on any atom is -0.316 e. The van der Waals surface area contributed by atoms with Gasteiger partial charge in [0.15, 0.2) is 0 Å². The summed E-state index contributed by atoms with van der Waals surface area (Å²) in [6.45, 7) is 7.03. The molecule has 0 spiro atoms. The molecule has 1 aliphatic rings. The van der Waals surface area contributed by atoms with Gasteiger partial charge < -0.3 is 5.32 Å². The molecule has 2 atom stereocenters. The Kier molecular flexibility index (Phi) is 7.08. The van der Waals surface area contributed by atoms with Crippen LogP contribution in [0.2, 0.25) is 0 Å². The van der Waals surface area contributed by atoms with E-state index in [-0.39, 0.29) is 0 Å². The van der Waals surface area contributed by atoms with Gasteiger partial charge in [-0.25, -0.2) is 0 Å². The van der Waals surface area contributed by atoms with Crippen LogP contribution in [0.3, 0.4) is 0 Å². The van der Waals surface area contributed by atoms with Crippen LogP contribution in [0, 0.1) is 11.8 Å². The third-order valence-corrected chi connectivity index (χ3v) is 3.84. The first kappa shape index (κ1) is 13.0. The van der Waals surface area contributed by atoms with E-state index in [1.807, 2.05) is 0 Å². The van der Waals surface area contributed by atoms with Crippen molar-refractivity contribution in [1.82, 2.24) is 5.32 Å². The first-order chi connectivity index (χ1) is 7.38. The summed E-state index contributed by atoms with van der Waals surface area (Å²) in [7, 11) is 0. The van der Waals surface area contributed by atoms with Gasteiger partial charge in [-0.05, 0) is 44.2 Å². The normalized spacial score (nSPS) is 25.2. The van der Waals surface area contributed by atoms with Gasteiger partial charge in [-0.3, -0.25) is 0 Å². The largest absolute Gasteiger partial charge is 0.316 e. The van der Waals surface area contributed by atoms with Crippen molar-refractivity contribution < 1.29 is 0 Å². The summed E-state index contributed by atoms with van der Waals surface area (Å²) in [6, 6.07) is 0. The van der Waals surface area contributed by atoms with Crippen molar-refractivity contribution in [2.45, 2.75) is 65.2 Å². The molecule has 1 saturated carbocycles. The Morgan fingerprint density at radius 3 is 2.33 bits per heavy atom. The lowest BCUT2D eigenvalue weighted by Crippen LogP contribution is -2.35. The van der Waals surface area contributed by atoms with E-state index in [2.05, 4.69) is 19.2 Å². The first-order valence-electron chi connectivity index (χ1n) is 7.09. The smallest absolute Gasteiger partial charge is 0.00179 e. The van der Waals surface area contributed by atoms with E-state index < -0.39 is 0 Å². The van der Waals surface area contributed by atoms with E-state index in [9.17, 15) is 0 Å². The molecule has 0 aromatic carbocycles. The maximum Gasteiger partial charge on any atom is -0.00179 e. The molecule has 0 radical (unpaired) electrons. The fourth-order valence-corrected chi connectivity index (χ4v) is 2.58. The van der Waals surface area contributed by atoms with Gasteiger partial charge in [0.25, 0.3) is 0 Å². The number of nitrogens with one attached hydrogen (secondary N) is 1. The molecule has 0 aromatic rings. The van der Waals surface area contributed by atoms with Crippen molar-refractivity contribution in [2.24, 2.45) is 11.8 Å². The predicted molar refractivity (Wildman–Crippen MR) is 68.1 cm³/mol. The third kappa shape index (κ3) is 5.01. The highest BCUT2D eigenvalue weighted by Crippen LogP contribution is 2.37. The lowest BCUT2D eigenvalue weighted by molar-refractivity contribution is 0.156. The Hall–Kier alpha value is -0.0400. The van der Waals surface area contributed by atoms with Gasteiger partial charge in [-0.1, -0.05) is 46.0 Å². The maximum atomic E-state index is 3.57. The Morgan fingerprint density at radius 2 is 1.73 bits per heavy atom. The third-order valence-electron chi connectivity index (χ3n) is 3.84. The summed E-state index contributed by atoms with van der Waals surface area (Å²) >= 11 is 0. The van der Waals surface area contributed by atoms with Crippen LogP contribution >= 0.6 is 0 Å². The molecule has 1 aliphatic carbocycles. The summed E-state index contributed by atoms with van der Waals surface area (Å²) < 4.78 is 0. The fraction of sp³-hybridized carbons (Fsp3) is 1.00. The second-order valence-corrected chi connectivity index (χ2v) is 5.15. The van der Waals surface area contributed by atoms with Crippen molar-refractivity contribution >= 4 is 0 Å². The second kappa shape index (κ2) is 8.15. The number of rotatable bonds is 9. The lowest BCUT2D eigenvalue weighted by Gasteiger charge is -2.37. The van der Waals surface area contributed by atoms with E-state index >= 15 is 0 Å². The van der Waals surface area contributed by atoms with Crippen LogP contribution in [0.15, 0.2) is 0 Å². The Morgan fingerprint density at radius 1 is 0.933 bits per heavy atom. The SMILES string of the molecule is CCCCCCC1CCC1CNCCC. The maximum absolute atomic E-state index is 3.57. The van der Waals surface area contributed by atoms with Gasteiger partial charge in [0.1, 0.15) is 0 Å². The Balaban J connectivity index is 1.95. The zero-order valence-corrected chi connectivity index (χ0v) is 10.7. The highest BCUT2D eigenvalue weighted by molar-refractivity contribution is 4.82. The minimum absolute atomic E-state index is 1.01. The van der Waals surface area contributed by atoms with Crippen molar-refractivity contribution in [3.63, 3.8) is 0 Å². The highest BCUT2D eigenvalue weighted by Gasteiger charge is 2.29. The van der Waals surface area contributed by atoms with Crippen molar-refractivity contribution in [1.29, 1.82) is 0 Å². The van der Waals surface area contributed by atoms with Crippen LogP contribution < -0.4 is 5.32 Å². The molecule has 1 N–H and O–H groups in total. The molecule has 2 unspecified atom stereocenters. The average molecular weight is 211 g/mol. The molecular formula is C14H29N. The van der Waals surface area contributed by atoms with E-state index in [1.165, 1.54) is 64.5 Å². The summed E-state index contributed by atoms with van der Waals surface area (Å²) in [5, 5.41) is 3.57. The molecule has 0 saturated heterocycles. The first-order valence-corrected chi connectivity index (χ1v) is 7.09. The fourth-order valence-electron chi connectivity index (χ4n) is 2.58. The van der Waals surface area contributed by atoms with Crippen LogP contribution in [-0.2, 0) is 0 Å². The molecule has 0 aromatic heterocycles. The Labute approximate surface area is 96.0 Å². The van der Waals surface area contributed by atoms with Crippen molar-refractivity contribution in [2.75, 3.05) is 13.1 Å². The van der Waals surface area contributed by atoms with Crippen LogP contribution in [0.4, 0.5) is 0 Å². The zero-order chi connectivity index (χ0) is 10.9. The topological polar surface area (TPSA) is 12.0 Å². The quantitative estimate of drug-likeness (QED) is 0.569. The van der Waals surface area contributed by atoms with Crippen LogP contribution in [0.25, 0.3) is 0 Å². The van der Waals surface area contributed by atoms with Gasteiger partial charge in [0, 0.05) is 0 Å². The average Bonchev–Trinajstić information content (AvgIpc) is 2.22. The monoisotopic (exact) mass is 211 g/mol. The van der Waals surface area contributed by atoms with E-state index in [0.29, 0.717) is 0 Å². The summed E-state index contributed by atoms with van der Waals surface area (Å²) in [5.74, 6) is 2.07. The highest BCUT2D eigenvalue weighted by atomic mass is 14.9. The number of unbranched alkanes of at least 4 members (excludes halogenated alkanes) is 3. The second-order valence-electron chi connectivity index (χ2n) is 5.15. The minimum atomic E-state index is 1.01. The molecule has 1 nitrogen and oxygen atoms in total. The summed E-state index contributed by atoms with van der Waals surface area (Å²) in [5.41, 5.74) is 0. The van der Waals surface area contributed by atoms with Gasteiger partial charge in [-0.15, -0.1) is 0 Å². The molecule has 1 fully saturated rings. The molecule has 1 heteroatoms. The molecule has 0 amide bonds. The van der Waals surface area contributed by atoms with Gasteiger partial charge >= 0.3 is 0 Å². The number of hydrogen-bond donors (Lipinski definition) is 1. The van der Waals surface area contributed by atoms with Gasteiger partial charge in [-0.2, -0.15) is 0 Å². The summed E-state index contributed by atoms with van der Waals surface area (Å²) in [4.78, 5) is 0. The zero-order valence-electron chi connectivity index (χ0n) is 10.7. The summed E-state index contributed by atoms with van der Waals surface area (Å²) in [6.07, 6.45) is 11.5. The van der Waals surface area contributed by atoms with E-state index in [0.717, 1.165) is 11.8 Å². The lowest BCUT2D eigenvalue weighted by atomic mass is 9.71. The standard InChI is InChI=1S/C14H29N/c1-3-5-6-7-8-13-9-10-14(13)12-15-11-4-2/h13-15H,3-12H2,1-2H3. The van der Waals surface area contributed by atoms with Crippen molar-refractivity contribution in [3.05, 3.63) is 0 Å². The molecule has 90 valence electrons. The van der Waals surface area contributed by atoms with Crippen LogP contribution in [0.5, 0.6) is 0 Å². The molecule has 0 bridgehead atoms. The van der Waals surface area contributed by atoms with Crippen molar-refractivity contribution in [3.8, 4) is 0 Å². The molecule has 0 aliphatic heterocycles. The molecular weight excluding hydrogens is 182 g/mol. The number of hydrogen-bond acceptors (Lipinski definition) is 1. The Bertz CT molecular complexity index is 144. The van der Waals surface area contributed by atoms with E-state index in [1.54, 1.807) is 0 Å². The predicted octanol–water partition coefficient (Wildman–Crippen LogP) is 3.98. The molecule has 1 rings (SSSR count). The molecule has 15 heavy (non-hydrogen) atoms.